The second-order valence-corrected chi connectivity index (χ2v) is 6.41. The molecule has 0 radical (unpaired) electrons. The van der Waals surface area contributed by atoms with E-state index < -0.39 is 0 Å². The Kier molecular flexibility index (Phi) is 4.98. The topological polar surface area (TPSA) is 75.0 Å². The van der Waals surface area contributed by atoms with E-state index >= 15 is 0 Å². The minimum atomic E-state index is -0.251. The number of ether oxygens (including phenoxy) is 1. The normalized spacial score (nSPS) is 20.5. The van der Waals surface area contributed by atoms with Crippen molar-refractivity contribution in [3.8, 4) is 6.07 Å². The van der Waals surface area contributed by atoms with Crippen molar-refractivity contribution in [3.63, 3.8) is 0 Å². The lowest BCUT2D eigenvalue weighted by molar-refractivity contribution is 0.0598. The van der Waals surface area contributed by atoms with Crippen molar-refractivity contribution >= 4 is 28.3 Å². The molecule has 1 N–H and O–H groups in total. The Morgan fingerprint density at radius 1 is 1.33 bits per heavy atom. The monoisotopic (exact) mass is 343 g/mol. The molecule has 0 saturated heterocycles. The number of benzene rings is 1. The van der Waals surface area contributed by atoms with Crippen molar-refractivity contribution in [3.05, 3.63) is 40.7 Å². The van der Waals surface area contributed by atoms with Crippen LogP contribution >= 0.6 is 11.6 Å². The van der Waals surface area contributed by atoms with Gasteiger partial charge in [-0.05, 0) is 49.3 Å². The van der Waals surface area contributed by atoms with E-state index in [0.717, 1.165) is 31.1 Å². The van der Waals surface area contributed by atoms with E-state index in [4.69, 9.17) is 21.6 Å². The molecule has 1 fully saturated rings. The first-order chi connectivity index (χ1) is 11.6. The maximum Gasteiger partial charge on any atom is 0.270 e. The Morgan fingerprint density at radius 3 is 2.75 bits per heavy atom. The fourth-order valence-corrected chi connectivity index (χ4v) is 3.36. The van der Waals surface area contributed by atoms with Crippen LogP contribution in [0.4, 0.5) is 0 Å². The van der Waals surface area contributed by atoms with Gasteiger partial charge in [-0.25, -0.2) is 4.98 Å². The van der Waals surface area contributed by atoms with Gasteiger partial charge in [-0.1, -0.05) is 17.7 Å². The number of nitrogens with zero attached hydrogens (tertiary/aromatic N) is 2. The number of pyridine rings is 1. The summed E-state index contributed by atoms with van der Waals surface area (Å²) in [5.41, 5.74) is 0.754. The molecule has 24 heavy (non-hydrogen) atoms. The highest BCUT2D eigenvalue weighted by molar-refractivity contribution is 6.30. The molecule has 3 rings (SSSR count). The molecule has 0 bridgehead atoms. The van der Waals surface area contributed by atoms with Gasteiger partial charge in [-0.3, -0.25) is 4.79 Å². The average molecular weight is 344 g/mol. The lowest BCUT2D eigenvalue weighted by atomic mass is 9.93. The number of amides is 1. The number of methoxy groups -OCH3 is 1. The first-order valence-corrected chi connectivity index (χ1v) is 8.32. The highest BCUT2D eigenvalue weighted by Crippen LogP contribution is 2.24. The van der Waals surface area contributed by atoms with Gasteiger partial charge in [0.1, 0.15) is 10.8 Å². The number of aromatic nitrogens is 1. The third-order valence-corrected chi connectivity index (χ3v) is 4.68. The zero-order valence-corrected chi connectivity index (χ0v) is 14.1. The Balaban J connectivity index is 1.85. The van der Waals surface area contributed by atoms with Crippen LogP contribution in [0.25, 0.3) is 10.8 Å². The van der Waals surface area contributed by atoms with Gasteiger partial charge >= 0.3 is 0 Å². The van der Waals surface area contributed by atoms with Gasteiger partial charge < -0.3 is 10.1 Å². The summed E-state index contributed by atoms with van der Waals surface area (Å²) in [5.74, 6) is -0.251. The molecule has 1 saturated carbocycles. The van der Waals surface area contributed by atoms with E-state index in [1.165, 1.54) is 0 Å². The molecule has 1 heterocycles. The molecule has 1 aliphatic rings. The Labute approximate surface area is 145 Å². The predicted octanol–water partition coefficient (Wildman–Crippen LogP) is 3.45. The van der Waals surface area contributed by atoms with Gasteiger partial charge in [0.2, 0.25) is 0 Å². The quantitative estimate of drug-likeness (QED) is 0.866. The van der Waals surface area contributed by atoms with Crippen LogP contribution in [0.1, 0.15) is 41.7 Å². The van der Waals surface area contributed by atoms with Crippen LogP contribution < -0.4 is 5.32 Å². The summed E-state index contributed by atoms with van der Waals surface area (Å²) in [5, 5.41) is 13.8. The van der Waals surface area contributed by atoms with Crippen LogP contribution in [-0.2, 0) is 4.74 Å². The number of halogens is 1. The second kappa shape index (κ2) is 7.16. The number of carbonyl (C=O) groups is 1. The highest BCUT2D eigenvalue weighted by Gasteiger charge is 2.24. The van der Waals surface area contributed by atoms with Gasteiger partial charge in [0.05, 0.1) is 17.7 Å². The van der Waals surface area contributed by atoms with Crippen LogP contribution in [0.5, 0.6) is 0 Å². The van der Waals surface area contributed by atoms with E-state index in [-0.39, 0.29) is 28.9 Å². The van der Waals surface area contributed by atoms with E-state index in [1.807, 2.05) is 0 Å². The number of rotatable bonds is 3. The van der Waals surface area contributed by atoms with Crippen molar-refractivity contribution < 1.29 is 9.53 Å². The molecule has 0 spiro atoms. The molecule has 0 atom stereocenters. The number of carbonyl (C=O) groups excluding carboxylic acids is 1. The molecular weight excluding hydrogens is 326 g/mol. The Hall–Kier alpha value is -2.16. The molecule has 0 aliphatic heterocycles. The molecule has 1 aromatic carbocycles. The summed E-state index contributed by atoms with van der Waals surface area (Å²) < 4.78 is 5.35. The van der Waals surface area contributed by atoms with Crippen LogP contribution in [0.2, 0.25) is 5.15 Å². The fourth-order valence-electron chi connectivity index (χ4n) is 3.15. The molecular formula is C18H18ClN3O2. The number of hydrogen-bond donors (Lipinski definition) is 1. The number of fused-ring (bicyclic) bond motifs is 1. The van der Waals surface area contributed by atoms with Gasteiger partial charge in [-0.2, -0.15) is 5.26 Å². The third-order valence-electron chi connectivity index (χ3n) is 4.49. The largest absolute Gasteiger partial charge is 0.381 e. The van der Waals surface area contributed by atoms with Crippen molar-refractivity contribution in [2.75, 3.05) is 7.11 Å². The average Bonchev–Trinajstić information content (AvgIpc) is 2.61. The van der Waals surface area contributed by atoms with Crippen LogP contribution in [0, 0.1) is 11.3 Å². The van der Waals surface area contributed by atoms with Gasteiger partial charge in [0.25, 0.3) is 5.91 Å². The van der Waals surface area contributed by atoms with E-state index in [0.29, 0.717) is 10.9 Å². The van der Waals surface area contributed by atoms with Crippen molar-refractivity contribution in [1.82, 2.24) is 10.3 Å². The minimum absolute atomic E-state index is 0.110. The molecule has 1 aliphatic carbocycles. The van der Waals surface area contributed by atoms with Crippen molar-refractivity contribution in [2.24, 2.45) is 0 Å². The third kappa shape index (κ3) is 3.50. The van der Waals surface area contributed by atoms with Gasteiger partial charge in [0.15, 0.2) is 0 Å². The fraction of sp³-hybridized carbons (Fsp3) is 0.389. The van der Waals surface area contributed by atoms with E-state index in [9.17, 15) is 4.79 Å². The molecule has 124 valence electrons. The second-order valence-electron chi connectivity index (χ2n) is 6.02. The number of hydrogen-bond acceptors (Lipinski definition) is 4. The molecule has 1 amide bonds. The maximum atomic E-state index is 12.7. The van der Waals surface area contributed by atoms with Gasteiger partial charge in [-0.15, -0.1) is 0 Å². The maximum absolute atomic E-state index is 12.7. The summed E-state index contributed by atoms with van der Waals surface area (Å²) in [4.78, 5) is 16.9. The number of nitriles is 1. The summed E-state index contributed by atoms with van der Waals surface area (Å²) in [6, 6.07) is 9.05. The highest BCUT2D eigenvalue weighted by atomic mass is 35.5. The van der Waals surface area contributed by atoms with Crippen molar-refractivity contribution in [1.29, 1.82) is 5.26 Å². The first kappa shape index (κ1) is 16.7. The van der Waals surface area contributed by atoms with E-state index in [1.54, 1.807) is 31.4 Å². The summed E-state index contributed by atoms with van der Waals surface area (Å²) in [6.07, 6.45) is 3.91. The summed E-state index contributed by atoms with van der Waals surface area (Å²) in [6.45, 7) is 0. The molecule has 1 aromatic heterocycles. The predicted molar refractivity (Wildman–Crippen MR) is 92.0 cm³/mol. The molecule has 6 heteroatoms. The summed E-state index contributed by atoms with van der Waals surface area (Å²) in [7, 11) is 1.72. The standard InChI is InChI=1S/C18H18ClN3O2/c1-24-14-6-4-13(5-7-14)21-18(23)17-15-8-11(10-20)2-3-12(15)9-16(19)22-17/h2-3,8-9,13-14H,4-7H2,1H3,(H,21,23)/t13-,14-. The minimum Gasteiger partial charge on any atom is -0.381 e. The lowest BCUT2D eigenvalue weighted by Gasteiger charge is -2.28. The zero-order chi connectivity index (χ0) is 17.1. The first-order valence-electron chi connectivity index (χ1n) is 7.94. The smallest absolute Gasteiger partial charge is 0.270 e. The number of nitrogens with one attached hydrogen (secondary N) is 1. The molecule has 5 nitrogen and oxygen atoms in total. The van der Waals surface area contributed by atoms with Crippen LogP contribution in [0.15, 0.2) is 24.3 Å². The van der Waals surface area contributed by atoms with E-state index in [2.05, 4.69) is 16.4 Å². The lowest BCUT2D eigenvalue weighted by Crippen LogP contribution is -2.39. The zero-order valence-electron chi connectivity index (χ0n) is 13.4. The molecule has 0 unspecified atom stereocenters. The van der Waals surface area contributed by atoms with Crippen molar-refractivity contribution in [2.45, 2.75) is 37.8 Å². The Bertz CT molecular complexity index is 808. The van der Waals surface area contributed by atoms with Crippen LogP contribution in [0.3, 0.4) is 0 Å². The SMILES string of the molecule is CO[C@H]1CC[C@H](NC(=O)c2nc(Cl)cc3ccc(C#N)cc23)CC1. The molecule has 2 aromatic rings. The van der Waals surface area contributed by atoms with Gasteiger partial charge in [0, 0.05) is 18.5 Å². The Morgan fingerprint density at radius 2 is 2.08 bits per heavy atom. The van der Waals surface area contributed by atoms with Crippen LogP contribution in [-0.4, -0.2) is 30.1 Å². The summed E-state index contributed by atoms with van der Waals surface area (Å²) >= 11 is 6.05.